The van der Waals surface area contributed by atoms with Crippen LogP contribution in [0.15, 0.2) is 36.5 Å². The van der Waals surface area contributed by atoms with Crippen molar-refractivity contribution < 1.29 is 9.47 Å². The molecule has 27 heavy (non-hydrogen) atoms. The van der Waals surface area contributed by atoms with Crippen LogP contribution in [0.4, 0.5) is 23.1 Å². The number of halogens is 1. The lowest BCUT2D eigenvalue weighted by Gasteiger charge is -2.13. The summed E-state index contributed by atoms with van der Waals surface area (Å²) in [7, 11) is 3.18. The highest BCUT2D eigenvalue weighted by Crippen LogP contribution is 2.31. The minimum absolute atomic E-state index is 0.342. The van der Waals surface area contributed by atoms with E-state index in [1.165, 1.54) is 6.20 Å². The van der Waals surface area contributed by atoms with Crippen LogP contribution in [-0.2, 0) is 0 Å². The first-order valence-corrected chi connectivity index (χ1v) is 8.60. The Bertz CT molecular complexity index is 942. The Balaban J connectivity index is 1.82. The Labute approximate surface area is 162 Å². The molecule has 1 heterocycles. The fourth-order valence-electron chi connectivity index (χ4n) is 2.66. The molecular formula is C19H20ClN5O2. The molecule has 0 aliphatic heterocycles. The van der Waals surface area contributed by atoms with E-state index in [2.05, 4.69) is 25.8 Å². The third-order valence-electron chi connectivity index (χ3n) is 3.88. The monoisotopic (exact) mass is 385 g/mol. The molecule has 2 N–H and O–H groups in total. The fourth-order valence-corrected chi connectivity index (χ4v) is 3.03. The van der Waals surface area contributed by atoms with Gasteiger partial charge in [0.25, 0.3) is 0 Å². The topological polar surface area (TPSA) is 81.2 Å². The van der Waals surface area contributed by atoms with Gasteiger partial charge >= 0.3 is 0 Å². The van der Waals surface area contributed by atoms with Crippen LogP contribution in [0.5, 0.6) is 11.5 Å². The Morgan fingerprint density at radius 2 is 1.74 bits per heavy atom. The summed E-state index contributed by atoms with van der Waals surface area (Å²) in [5.74, 6) is 2.13. The van der Waals surface area contributed by atoms with Crippen LogP contribution < -0.4 is 20.1 Å². The van der Waals surface area contributed by atoms with Crippen LogP contribution in [0, 0.1) is 13.8 Å². The molecule has 0 spiro atoms. The van der Waals surface area contributed by atoms with Gasteiger partial charge in [-0.25, -0.2) is 0 Å². The van der Waals surface area contributed by atoms with Gasteiger partial charge in [0.2, 0.25) is 5.95 Å². The number of hydrogen-bond donors (Lipinski definition) is 2. The second-order valence-electron chi connectivity index (χ2n) is 5.92. The Hall–Kier alpha value is -3.06. The molecule has 0 aliphatic rings. The number of aromatic nitrogens is 3. The molecule has 0 radical (unpaired) electrons. The van der Waals surface area contributed by atoms with Crippen molar-refractivity contribution in [3.8, 4) is 11.5 Å². The third kappa shape index (κ3) is 4.38. The molecule has 140 valence electrons. The van der Waals surface area contributed by atoms with Crippen molar-refractivity contribution >= 4 is 34.7 Å². The van der Waals surface area contributed by atoms with Crippen molar-refractivity contribution in [1.29, 1.82) is 0 Å². The maximum Gasteiger partial charge on any atom is 0.249 e. The predicted molar refractivity (Wildman–Crippen MR) is 107 cm³/mol. The number of ether oxygens (including phenoxy) is 2. The van der Waals surface area contributed by atoms with E-state index in [0.29, 0.717) is 28.3 Å². The standard InChI is InChI=1S/C19H20ClN5O2/c1-11-7-12(2)18(14(20)8-11)24-19-23-17(10-21-25-19)22-13-5-6-15(26-3)16(9-13)27-4/h5-10H,1-4H3,(H2,22,23,24,25). The smallest absolute Gasteiger partial charge is 0.249 e. The maximum atomic E-state index is 6.34. The van der Waals surface area contributed by atoms with Gasteiger partial charge in [-0.15, -0.1) is 5.10 Å². The second-order valence-corrected chi connectivity index (χ2v) is 6.33. The quantitative estimate of drug-likeness (QED) is 0.639. The van der Waals surface area contributed by atoms with E-state index in [4.69, 9.17) is 21.1 Å². The number of nitrogens with zero attached hydrogens (tertiary/aromatic N) is 3. The summed E-state index contributed by atoms with van der Waals surface area (Å²) in [5.41, 5.74) is 3.63. The molecule has 0 unspecified atom stereocenters. The molecule has 3 aromatic rings. The normalized spacial score (nSPS) is 10.4. The van der Waals surface area contributed by atoms with Crippen LogP contribution in [0.3, 0.4) is 0 Å². The van der Waals surface area contributed by atoms with Gasteiger partial charge in [0.15, 0.2) is 17.3 Å². The number of nitrogens with one attached hydrogen (secondary N) is 2. The van der Waals surface area contributed by atoms with Crippen molar-refractivity contribution in [1.82, 2.24) is 15.2 Å². The Morgan fingerprint density at radius 1 is 0.963 bits per heavy atom. The van der Waals surface area contributed by atoms with Crippen LogP contribution in [-0.4, -0.2) is 29.4 Å². The van der Waals surface area contributed by atoms with Crippen molar-refractivity contribution in [2.45, 2.75) is 13.8 Å². The van der Waals surface area contributed by atoms with Crippen LogP contribution in [0.25, 0.3) is 0 Å². The summed E-state index contributed by atoms with van der Waals surface area (Å²) in [5, 5.41) is 14.9. The van der Waals surface area contributed by atoms with Crippen molar-refractivity contribution in [2.24, 2.45) is 0 Å². The summed E-state index contributed by atoms with van der Waals surface area (Å²) in [6.07, 6.45) is 1.53. The fraction of sp³-hybridized carbons (Fsp3) is 0.211. The summed E-state index contributed by atoms with van der Waals surface area (Å²) in [4.78, 5) is 4.44. The van der Waals surface area contributed by atoms with Gasteiger partial charge in [0.05, 0.1) is 31.1 Å². The van der Waals surface area contributed by atoms with Crippen LogP contribution in [0.2, 0.25) is 5.02 Å². The van der Waals surface area contributed by atoms with Gasteiger partial charge in [0, 0.05) is 11.8 Å². The maximum absolute atomic E-state index is 6.34. The SMILES string of the molecule is COc1ccc(Nc2cnnc(Nc3c(C)cc(C)cc3Cl)n2)cc1OC. The van der Waals surface area contributed by atoms with E-state index in [1.807, 2.05) is 44.2 Å². The largest absolute Gasteiger partial charge is 0.493 e. The highest BCUT2D eigenvalue weighted by Gasteiger charge is 2.10. The molecular weight excluding hydrogens is 366 g/mol. The minimum Gasteiger partial charge on any atom is -0.493 e. The first-order valence-electron chi connectivity index (χ1n) is 8.22. The zero-order chi connectivity index (χ0) is 19.4. The van der Waals surface area contributed by atoms with E-state index in [-0.39, 0.29) is 0 Å². The lowest BCUT2D eigenvalue weighted by molar-refractivity contribution is 0.355. The number of methoxy groups -OCH3 is 2. The van der Waals surface area contributed by atoms with E-state index in [9.17, 15) is 0 Å². The number of rotatable bonds is 6. The third-order valence-corrected chi connectivity index (χ3v) is 4.18. The molecule has 8 heteroatoms. The van der Waals surface area contributed by atoms with E-state index < -0.39 is 0 Å². The van der Waals surface area contributed by atoms with E-state index >= 15 is 0 Å². The number of hydrogen-bond acceptors (Lipinski definition) is 7. The molecule has 0 bridgehead atoms. The molecule has 0 amide bonds. The van der Waals surface area contributed by atoms with Crippen molar-refractivity contribution in [3.05, 3.63) is 52.7 Å². The zero-order valence-corrected chi connectivity index (χ0v) is 16.3. The van der Waals surface area contributed by atoms with Crippen LogP contribution >= 0.6 is 11.6 Å². The predicted octanol–water partition coefficient (Wildman–Crippen LogP) is 4.65. The first kappa shape index (κ1) is 18.7. The molecule has 7 nitrogen and oxygen atoms in total. The average molecular weight is 386 g/mol. The van der Waals surface area contributed by atoms with Crippen LogP contribution in [0.1, 0.15) is 11.1 Å². The molecule has 0 saturated carbocycles. The van der Waals surface area contributed by atoms with E-state index in [1.54, 1.807) is 14.2 Å². The van der Waals surface area contributed by atoms with Gasteiger partial charge in [-0.2, -0.15) is 10.1 Å². The first-order chi connectivity index (χ1) is 13.0. The summed E-state index contributed by atoms with van der Waals surface area (Å²) in [6, 6.07) is 9.40. The van der Waals surface area contributed by atoms with Gasteiger partial charge in [-0.1, -0.05) is 17.7 Å². The highest BCUT2D eigenvalue weighted by molar-refractivity contribution is 6.33. The molecule has 0 saturated heterocycles. The second kappa shape index (κ2) is 8.09. The molecule has 3 rings (SSSR count). The molecule has 2 aromatic carbocycles. The van der Waals surface area contributed by atoms with Gasteiger partial charge in [-0.05, 0) is 43.2 Å². The van der Waals surface area contributed by atoms with Crippen molar-refractivity contribution in [3.63, 3.8) is 0 Å². The lowest BCUT2D eigenvalue weighted by atomic mass is 10.1. The number of benzene rings is 2. The summed E-state index contributed by atoms with van der Waals surface area (Å²) < 4.78 is 10.6. The Kier molecular flexibility index (Phi) is 5.61. The zero-order valence-electron chi connectivity index (χ0n) is 15.5. The van der Waals surface area contributed by atoms with E-state index in [0.717, 1.165) is 22.5 Å². The van der Waals surface area contributed by atoms with Gasteiger partial charge in [-0.3, -0.25) is 0 Å². The summed E-state index contributed by atoms with van der Waals surface area (Å²) in [6.45, 7) is 3.97. The highest BCUT2D eigenvalue weighted by atomic mass is 35.5. The van der Waals surface area contributed by atoms with Crippen molar-refractivity contribution in [2.75, 3.05) is 24.9 Å². The Morgan fingerprint density at radius 3 is 2.44 bits per heavy atom. The van der Waals surface area contributed by atoms with Gasteiger partial charge < -0.3 is 20.1 Å². The number of anilines is 4. The average Bonchev–Trinajstić information content (AvgIpc) is 2.65. The minimum atomic E-state index is 0.342. The lowest BCUT2D eigenvalue weighted by Crippen LogP contribution is -2.04. The molecule has 0 fully saturated rings. The molecule has 0 aliphatic carbocycles. The summed E-state index contributed by atoms with van der Waals surface area (Å²) >= 11 is 6.34. The number of aryl methyl sites for hydroxylation is 2. The van der Waals surface area contributed by atoms with Gasteiger partial charge in [0.1, 0.15) is 0 Å². The molecule has 0 atom stereocenters. The molecule has 1 aromatic heterocycles.